The van der Waals surface area contributed by atoms with Gasteiger partial charge in [-0.25, -0.2) is 8.78 Å². The van der Waals surface area contributed by atoms with E-state index in [0.29, 0.717) is 11.5 Å². The van der Waals surface area contributed by atoms with E-state index < -0.39 is 17.7 Å². The predicted molar refractivity (Wildman–Crippen MR) is 85.6 cm³/mol. The Morgan fingerprint density at radius 2 is 1.84 bits per heavy atom. The lowest BCUT2D eigenvalue weighted by Crippen LogP contribution is -2.37. The van der Waals surface area contributed by atoms with Crippen LogP contribution >= 0.6 is 0 Å². The van der Waals surface area contributed by atoms with Crippen molar-refractivity contribution >= 4 is 5.91 Å². The van der Waals surface area contributed by atoms with Crippen LogP contribution in [0.15, 0.2) is 36.4 Å². The van der Waals surface area contributed by atoms with E-state index in [4.69, 9.17) is 14.2 Å². The number of halogens is 2. The largest absolute Gasteiger partial charge is 0.481 e. The summed E-state index contributed by atoms with van der Waals surface area (Å²) in [7, 11) is 0. The first kappa shape index (κ1) is 17.0. The van der Waals surface area contributed by atoms with E-state index >= 15 is 0 Å². The van der Waals surface area contributed by atoms with E-state index in [2.05, 4.69) is 5.32 Å². The minimum absolute atomic E-state index is 0.0808. The lowest BCUT2D eigenvalue weighted by molar-refractivity contribution is -0.127. The highest BCUT2D eigenvalue weighted by molar-refractivity contribution is 5.81. The number of fused-ring (bicyclic) bond motifs is 1. The molecule has 2 unspecified atom stereocenters. The van der Waals surface area contributed by atoms with Gasteiger partial charge in [-0.1, -0.05) is 6.07 Å². The monoisotopic (exact) mass is 349 g/mol. The van der Waals surface area contributed by atoms with Gasteiger partial charge in [0.1, 0.15) is 5.75 Å². The van der Waals surface area contributed by atoms with Gasteiger partial charge >= 0.3 is 0 Å². The number of ether oxygens (including phenoxy) is 3. The number of hydrogen-bond acceptors (Lipinski definition) is 4. The molecule has 0 radical (unpaired) electrons. The average molecular weight is 349 g/mol. The van der Waals surface area contributed by atoms with Crippen LogP contribution in [-0.2, 0) is 4.79 Å². The smallest absolute Gasteiger partial charge is 0.261 e. The van der Waals surface area contributed by atoms with Crippen LogP contribution in [-0.4, -0.2) is 18.8 Å². The minimum atomic E-state index is -1.03. The first-order valence-electron chi connectivity index (χ1n) is 7.75. The Morgan fingerprint density at radius 1 is 1.08 bits per heavy atom. The van der Waals surface area contributed by atoms with Crippen molar-refractivity contribution in [2.45, 2.75) is 26.0 Å². The lowest BCUT2D eigenvalue weighted by Gasteiger charge is -2.19. The van der Waals surface area contributed by atoms with E-state index in [1.54, 1.807) is 12.1 Å². The molecular weight excluding hydrogens is 332 g/mol. The number of benzene rings is 2. The van der Waals surface area contributed by atoms with E-state index in [1.807, 2.05) is 13.0 Å². The van der Waals surface area contributed by atoms with Crippen molar-refractivity contribution in [1.29, 1.82) is 0 Å². The lowest BCUT2D eigenvalue weighted by atomic mass is 10.1. The average Bonchev–Trinajstić information content (AvgIpc) is 3.05. The molecule has 1 N–H and O–H groups in total. The highest BCUT2D eigenvalue weighted by Crippen LogP contribution is 2.34. The number of nitrogens with one attached hydrogen (secondary N) is 1. The maximum absolute atomic E-state index is 13.2. The summed E-state index contributed by atoms with van der Waals surface area (Å²) in [5.74, 6) is -1.01. The number of amides is 1. The van der Waals surface area contributed by atoms with Crippen molar-refractivity contribution in [1.82, 2.24) is 5.32 Å². The number of carbonyl (C=O) groups is 1. The Labute approximate surface area is 143 Å². The Kier molecular flexibility index (Phi) is 4.74. The molecule has 1 aliphatic rings. The SMILES string of the molecule is CC(Oc1ccc(F)c(F)c1)C(=O)NC(C)c1ccc2c(c1)OCO2. The summed E-state index contributed by atoms with van der Waals surface area (Å²) in [6, 6.07) is 8.24. The van der Waals surface area contributed by atoms with E-state index in [0.717, 1.165) is 17.7 Å². The molecule has 1 aliphatic heterocycles. The Morgan fingerprint density at radius 3 is 2.60 bits per heavy atom. The summed E-state index contributed by atoms with van der Waals surface area (Å²) in [6.07, 6.45) is -0.874. The zero-order valence-corrected chi connectivity index (χ0v) is 13.7. The highest BCUT2D eigenvalue weighted by Gasteiger charge is 2.20. The summed E-state index contributed by atoms with van der Waals surface area (Å²) in [5.41, 5.74) is 0.845. The van der Waals surface area contributed by atoms with E-state index in [9.17, 15) is 13.6 Å². The second-order valence-electron chi connectivity index (χ2n) is 5.68. The quantitative estimate of drug-likeness (QED) is 0.900. The molecule has 0 aliphatic carbocycles. The van der Waals surface area contributed by atoms with Crippen LogP contribution in [0.1, 0.15) is 25.5 Å². The molecule has 0 bridgehead atoms. The van der Waals surface area contributed by atoms with Crippen molar-refractivity contribution in [2.75, 3.05) is 6.79 Å². The molecule has 0 fully saturated rings. The van der Waals surface area contributed by atoms with E-state index in [1.165, 1.54) is 13.0 Å². The van der Waals surface area contributed by atoms with Crippen molar-refractivity contribution in [3.8, 4) is 17.2 Å². The maximum Gasteiger partial charge on any atom is 0.261 e. The van der Waals surface area contributed by atoms with Gasteiger partial charge in [-0.3, -0.25) is 4.79 Å². The molecule has 2 aromatic rings. The van der Waals surface area contributed by atoms with Gasteiger partial charge in [0.15, 0.2) is 29.2 Å². The van der Waals surface area contributed by atoms with Crippen LogP contribution in [0.3, 0.4) is 0 Å². The normalized spacial score (nSPS) is 14.7. The number of rotatable bonds is 5. The van der Waals surface area contributed by atoms with Crippen molar-refractivity contribution in [3.05, 3.63) is 53.6 Å². The third kappa shape index (κ3) is 3.81. The fourth-order valence-corrected chi connectivity index (χ4v) is 2.40. The van der Waals surface area contributed by atoms with Gasteiger partial charge in [-0.15, -0.1) is 0 Å². The molecule has 0 aromatic heterocycles. The molecule has 0 saturated heterocycles. The topological polar surface area (TPSA) is 56.8 Å². The Bertz CT molecular complexity index is 797. The van der Waals surface area contributed by atoms with Crippen LogP contribution in [0, 0.1) is 11.6 Å². The first-order valence-corrected chi connectivity index (χ1v) is 7.75. The van der Waals surface area contributed by atoms with Crippen LogP contribution in [0.25, 0.3) is 0 Å². The molecule has 25 heavy (non-hydrogen) atoms. The molecule has 0 saturated carbocycles. The van der Waals surface area contributed by atoms with Crippen molar-refractivity contribution in [2.24, 2.45) is 0 Å². The van der Waals surface area contributed by atoms with Crippen molar-refractivity contribution in [3.63, 3.8) is 0 Å². The van der Waals surface area contributed by atoms with Gasteiger partial charge in [0, 0.05) is 6.07 Å². The first-order chi connectivity index (χ1) is 11.9. The third-order valence-corrected chi connectivity index (χ3v) is 3.83. The Hall–Kier alpha value is -2.83. The number of hydrogen-bond donors (Lipinski definition) is 1. The molecule has 1 heterocycles. The maximum atomic E-state index is 13.2. The fourth-order valence-electron chi connectivity index (χ4n) is 2.40. The van der Waals surface area contributed by atoms with Gasteiger partial charge in [-0.05, 0) is 43.7 Å². The summed E-state index contributed by atoms with van der Waals surface area (Å²) < 4.78 is 42.0. The molecule has 5 nitrogen and oxygen atoms in total. The minimum Gasteiger partial charge on any atom is -0.481 e. The standard InChI is InChI=1S/C18H17F2NO4/c1-10(12-3-6-16-17(7-12)24-9-23-16)21-18(22)11(2)25-13-4-5-14(19)15(20)8-13/h3-8,10-11H,9H2,1-2H3,(H,21,22). The highest BCUT2D eigenvalue weighted by atomic mass is 19.2. The van der Waals surface area contributed by atoms with Gasteiger partial charge in [0.05, 0.1) is 6.04 Å². The Balaban J connectivity index is 1.61. The van der Waals surface area contributed by atoms with E-state index in [-0.39, 0.29) is 24.5 Å². The second-order valence-corrected chi connectivity index (χ2v) is 5.68. The molecular formula is C18H17F2NO4. The fraction of sp³-hybridized carbons (Fsp3) is 0.278. The molecule has 3 rings (SSSR count). The van der Waals surface area contributed by atoms with Gasteiger partial charge in [-0.2, -0.15) is 0 Å². The summed E-state index contributed by atoms with van der Waals surface area (Å²) in [6.45, 7) is 3.53. The molecule has 0 spiro atoms. The summed E-state index contributed by atoms with van der Waals surface area (Å²) in [5, 5.41) is 2.81. The summed E-state index contributed by atoms with van der Waals surface area (Å²) >= 11 is 0. The van der Waals surface area contributed by atoms with Crippen LogP contribution < -0.4 is 19.5 Å². The van der Waals surface area contributed by atoms with Crippen LogP contribution in [0.2, 0.25) is 0 Å². The van der Waals surface area contributed by atoms with Gasteiger partial charge in [0.2, 0.25) is 6.79 Å². The molecule has 2 aromatic carbocycles. The van der Waals surface area contributed by atoms with Gasteiger partial charge < -0.3 is 19.5 Å². The second kappa shape index (κ2) is 6.96. The van der Waals surface area contributed by atoms with Crippen LogP contribution in [0.4, 0.5) is 8.78 Å². The summed E-state index contributed by atoms with van der Waals surface area (Å²) in [4.78, 5) is 12.3. The molecule has 132 valence electrons. The molecule has 1 amide bonds. The molecule has 2 atom stereocenters. The molecule has 7 heteroatoms. The zero-order chi connectivity index (χ0) is 18.0. The van der Waals surface area contributed by atoms with Gasteiger partial charge in [0.25, 0.3) is 5.91 Å². The third-order valence-electron chi connectivity index (χ3n) is 3.83. The van der Waals surface area contributed by atoms with Crippen LogP contribution in [0.5, 0.6) is 17.2 Å². The zero-order valence-electron chi connectivity index (χ0n) is 13.7. The van der Waals surface area contributed by atoms with Crippen molar-refractivity contribution < 1.29 is 27.8 Å². The number of carbonyl (C=O) groups excluding carboxylic acids is 1. The predicted octanol–water partition coefficient (Wildman–Crippen LogP) is 3.34.